The van der Waals surface area contributed by atoms with E-state index in [2.05, 4.69) is 10.3 Å². The maximum absolute atomic E-state index is 12.9. The molecule has 0 bridgehead atoms. The van der Waals surface area contributed by atoms with Gasteiger partial charge in [0.25, 0.3) is 5.91 Å². The number of fused-ring (bicyclic) bond motifs is 1. The van der Waals surface area contributed by atoms with Gasteiger partial charge < -0.3 is 9.64 Å². The lowest BCUT2D eigenvalue weighted by molar-refractivity contribution is 0.0742. The fraction of sp³-hybridized carbons (Fsp3) is 0.250. The number of ether oxygens (including phenoxy) is 1. The maximum Gasteiger partial charge on any atom is 0.411 e. The second-order valence-electron chi connectivity index (χ2n) is 6.04. The van der Waals surface area contributed by atoms with Gasteiger partial charge in [0.2, 0.25) is 0 Å². The van der Waals surface area contributed by atoms with Gasteiger partial charge in [-0.2, -0.15) is 0 Å². The smallest absolute Gasteiger partial charge is 0.411 e. The van der Waals surface area contributed by atoms with Gasteiger partial charge in [-0.1, -0.05) is 18.2 Å². The topological polar surface area (TPSA) is 71.5 Å². The van der Waals surface area contributed by atoms with Crippen LogP contribution in [0.15, 0.2) is 48.5 Å². The number of rotatable bonds is 5. The first-order valence-electron chi connectivity index (χ1n) is 8.66. The maximum atomic E-state index is 12.9. The molecule has 0 unspecified atom stereocenters. The van der Waals surface area contributed by atoms with Crippen LogP contribution in [0.4, 0.5) is 10.5 Å². The highest BCUT2D eigenvalue weighted by Gasteiger charge is 2.22. The lowest BCUT2D eigenvalue weighted by Crippen LogP contribution is -2.29. The number of hydrogen-bond acceptors (Lipinski definition) is 5. The molecule has 0 aliphatic heterocycles. The highest BCUT2D eigenvalue weighted by molar-refractivity contribution is 7.18. The summed E-state index contributed by atoms with van der Waals surface area (Å²) >= 11 is 1.58. The Morgan fingerprint density at radius 3 is 2.74 bits per heavy atom. The molecule has 6 nitrogen and oxygen atoms in total. The molecule has 2 amide bonds. The van der Waals surface area contributed by atoms with Gasteiger partial charge >= 0.3 is 6.09 Å². The number of para-hydroxylation sites is 1. The number of aromatic nitrogens is 1. The van der Waals surface area contributed by atoms with Gasteiger partial charge in [0, 0.05) is 18.3 Å². The molecule has 27 heavy (non-hydrogen) atoms. The molecule has 0 saturated heterocycles. The fourth-order valence-electron chi connectivity index (χ4n) is 2.63. The van der Waals surface area contributed by atoms with E-state index in [1.165, 1.54) is 0 Å². The molecule has 0 fully saturated rings. The number of nitrogens with one attached hydrogen (secondary N) is 1. The van der Waals surface area contributed by atoms with Crippen LogP contribution in [0.25, 0.3) is 10.2 Å². The number of benzene rings is 2. The number of hydrogen-bond donors (Lipinski definition) is 1. The van der Waals surface area contributed by atoms with Crippen molar-refractivity contribution in [3.8, 4) is 0 Å². The SMILES string of the molecule is CCOC(=O)Nc1cccc(C(=O)N(C)[C@H](C)c2nc3ccccc3s2)c1. The minimum atomic E-state index is -0.543. The first-order valence-corrected chi connectivity index (χ1v) is 9.47. The third-order valence-electron chi connectivity index (χ3n) is 4.20. The van der Waals surface area contributed by atoms with Crippen LogP contribution in [0.3, 0.4) is 0 Å². The summed E-state index contributed by atoms with van der Waals surface area (Å²) in [6.07, 6.45) is -0.543. The zero-order chi connectivity index (χ0) is 19.4. The van der Waals surface area contributed by atoms with Gasteiger partial charge in [0.1, 0.15) is 5.01 Å². The number of nitrogens with zero attached hydrogens (tertiary/aromatic N) is 2. The first kappa shape index (κ1) is 18.8. The van der Waals surface area contributed by atoms with Crippen molar-refractivity contribution in [1.29, 1.82) is 0 Å². The van der Waals surface area contributed by atoms with Crippen LogP contribution in [0.2, 0.25) is 0 Å². The van der Waals surface area contributed by atoms with Crippen molar-refractivity contribution in [3.63, 3.8) is 0 Å². The Kier molecular flexibility index (Phi) is 5.71. The third kappa shape index (κ3) is 4.25. The van der Waals surface area contributed by atoms with Crippen LogP contribution in [0.5, 0.6) is 0 Å². The van der Waals surface area contributed by atoms with Crippen molar-refractivity contribution < 1.29 is 14.3 Å². The van der Waals surface area contributed by atoms with E-state index in [0.717, 1.165) is 15.2 Å². The van der Waals surface area contributed by atoms with E-state index in [0.29, 0.717) is 11.3 Å². The molecular weight excluding hydrogens is 362 g/mol. The van der Waals surface area contributed by atoms with E-state index < -0.39 is 6.09 Å². The highest BCUT2D eigenvalue weighted by Crippen LogP contribution is 2.29. The van der Waals surface area contributed by atoms with Gasteiger partial charge in [-0.15, -0.1) is 11.3 Å². The molecule has 0 aliphatic rings. The predicted octanol–water partition coefficient (Wildman–Crippen LogP) is 4.70. The van der Waals surface area contributed by atoms with Crippen LogP contribution in [0.1, 0.15) is 35.3 Å². The molecular formula is C20H21N3O3S. The summed E-state index contributed by atoms with van der Waals surface area (Å²) < 4.78 is 5.96. The Hall–Kier alpha value is -2.93. The molecule has 3 aromatic rings. The summed E-state index contributed by atoms with van der Waals surface area (Å²) in [5, 5.41) is 3.50. The third-order valence-corrected chi connectivity index (χ3v) is 5.41. The van der Waals surface area contributed by atoms with Crippen LogP contribution in [-0.2, 0) is 4.74 Å². The van der Waals surface area contributed by atoms with Gasteiger partial charge in [-0.3, -0.25) is 10.1 Å². The molecule has 1 aromatic heterocycles. The summed E-state index contributed by atoms with van der Waals surface area (Å²) in [7, 11) is 1.75. The average molecular weight is 383 g/mol. The normalized spacial score (nSPS) is 11.8. The van der Waals surface area contributed by atoms with Crippen molar-refractivity contribution in [3.05, 3.63) is 59.1 Å². The average Bonchev–Trinajstić information content (AvgIpc) is 3.10. The Balaban J connectivity index is 1.77. The molecule has 1 heterocycles. The van der Waals surface area contributed by atoms with Crippen molar-refractivity contribution >= 4 is 39.2 Å². The van der Waals surface area contributed by atoms with E-state index in [9.17, 15) is 9.59 Å². The molecule has 7 heteroatoms. The summed E-state index contributed by atoms with van der Waals surface area (Å²) in [5.41, 5.74) is 1.94. The fourth-order valence-corrected chi connectivity index (χ4v) is 3.69. The number of thiazole rings is 1. The quantitative estimate of drug-likeness (QED) is 0.693. The van der Waals surface area contributed by atoms with Crippen molar-refractivity contribution in [2.45, 2.75) is 19.9 Å². The number of carbonyl (C=O) groups excluding carboxylic acids is 2. The monoisotopic (exact) mass is 383 g/mol. The molecule has 3 rings (SSSR count). The summed E-state index contributed by atoms with van der Waals surface area (Å²) in [6.45, 7) is 3.97. The largest absolute Gasteiger partial charge is 0.450 e. The van der Waals surface area contributed by atoms with Gasteiger partial charge in [0.15, 0.2) is 0 Å². The Morgan fingerprint density at radius 1 is 1.22 bits per heavy atom. The molecule has 1 N–H and O–H groups in total. The molecule has 2 aromatic carbocycles. The molecule has 0 spiro atoms. The van der Waals surface area contributed by atoms with Crippen LogP contribution < -0.4 is 5.32 Å². The Morgan fingerprint density at radius 2 is 2.00 bits per heavy atom. The summed E-state index contributed by atoms with van der Waals surface area (Å²) in [5.74, 6) is -0.144. The van der Waals surface area contributed by atoms with E-state index in [1.807, 2.05) is 31.2 Å². The minimum absolute atomic E-state index is 0.144. The van der Waals surface area contributed by atoms with Gasteiger partial charge in [0.05, 0.1) is 22.9 Å². The number of anilines is 1. The zero-order valence-corrected chi connectivity index (χ0v) is 16.2. The predicted molar refractivity (Wildman–Crippen MR) is 107 cm³/mol. The molecule has 0 radical (unpaired) electrons. The minimum Gasteiger partial charge on any atom is -0.450 e. The lowest BCUT2D eigenvalue weighted by Gasteiger charge is -2.23. The second-order valence-corrected chi connectivity index (χ2v) is 7.10. The molecule has 1 atom stereocenters. The van der Waals surface area contributed by atoms with Crippen molar-refractivity contribution in [2.75, 3.05) is 19.0 Å². The van der Waals surface area contributed by atoms with Crippen molar-refractivity contribution in [2.24, 2.45) is 0 Å². The zero-order valence-electron chi connectivity index (χ0n) is 15.4. The second kappa shape index (κ2) is 8.18. The molecule has 0 aliphatic carbocycles. The number of carbonyl (C=O) groups is 2. The van der Waals surface area contributed by atoms with Crippen LogP contribution >= 0.6 is 11.3 Å². The van der Waals surface area contributed by atoms with Crippen LogP contribution in [0, 0.1) is 0 Å². The summed E-state index contributed by atoms with van der Waals surface area (Å²) in [6, 6.07) is 14.6. The van der Waals surface area contributed by atoms with Crippen molar-refractivity contribution in [1.82, 2.24) is 9.88 Å². The van der Waals surface area contributed by atoms with E-state index in [4.69, 9.17) is 4.74 Å². The standard InChI is InChI=1S/C20H21N3O3S/c1-4-26-20(25)21-15-9-7-8-14(12-15)19(24)23(3)13(2)18-22-16-10-5-6-11-17(16)27-18/h5-13H,4H2,1-3H3,(H,21,25)/t13-/m1/s1. The highest BCUT2D eigenvalue weighted by atomic mass is 32.1. The molecule has 140 valence electrons. The van der Waals surface area contributed by atoms with Crippen LogP contribution in [-0.4, -0.2) is 35.5 Å². The Labute approximate surface area is 161 Å². The molecule has 0 saturated carbocycles. The Bertz CT molecular complexity index is 937. The van der Waals surface area contributed by atoms with Gasteiger partial charge in [-0.25, -0.2) is 9.78 Å². The number of amides is 2. The van der Waals surface area contributed by atoms with E-state index in [1.54, 1.807) is 54.5 Å². The van der Waals surface area contributed by atoms with E-state index in [-0.39, 0.29) is 18.6 Å². The van der Waals surface area contributed by atoms with Gasteiger partial charge in [-0.05, 0) is 44.2 Å². The van der Waals surface area contributed by atoms with E-state index >= 15 is 0 Å². The summed E-state index contributed by atoms with van der Waals surface area (Å²) in [4.78, 5) is 30.8. The first-order chi connectivity index (χ1) is 13.0. The lowest BCUT2D eigenvalue weighted by atomic mass is 10.1.